The lowest BCUT2D eigenvalue weighted by atomic mass is 10.0. The lowest BCUT2D eigenvalue weighted by molar-refractivity contribution is 0.0918. The van der Waals surface area contributed by atoms with Gasteiger partial charge in [0.2, 0.25) is 0 Å². The van der Waals surface area contributed by atoms with Crippen molar-refractivity contribution in [3.63, 3.8) is 0 Å². The molecule has 0 aliphatic carbocycles. The topological polar surface area (TPSA) is 42.4 Å². The second kappa shape index (κ2) is 6.14. The maximum absolute atomic E-state index is 12.1. The molecule has 1 aliphatic heterocycles. The predicted molar refractivity (Wildman–Crippen MR) is 80.0 cm³/mol. The quantitative estimate of drug-likeness (QED) is 0.798. The summed E-state index contributed by atoms with van der Waals surface area (Å²) in [5, 5.41) is 0.466. The van der Waals surface area contributed by atoms with E-state index in [0.29, 0.717) is 18.2 Å². The van der Waals surface area contributed by atoms with Crippen LogP contribution in [0.3, 0.4) is 0 Å². The summed E-state index contributed by atoms with van der Waals surface area (Å²) in [6, 6.07) is 11.6. The second-order valence-corrected chi connectivity index (χ2v) is 5.31. The summed E-state index contributed by atoms with van der Waals surface area (Å²) >= 11 is 6.10. The minimum Gasteiger partial charge on any atom is -0.445 e. The number of benzene rings is 1. The molecule has 5 heteroatoms. The first kappa shape index (κ1) is 13.9. The average Bonchev–Trinajstić information content (AvgIpc) is 2.54. The number of carbonyl (C=O) groups excluding carboxylic acids is 1. The number of fused-ring (bicyclic) bond motifs is 1. The van der Waals surface area contributed by atoms with Crippen LogP contribution >= 0.6 is 11.6 Å². The van der Waals surface area contributed by atoms with Crippen LogP contribution in [0.5, 0.6) is 0 Å². The van der Waals surface area contributed by atoms with E-state index in [-0.39, 0.29) is 12.7 Å². The molecule has 3 rings (SSSR count). The number of pyridine rings is 1. The molecule has 0 atom stereocenters. The van der Waals surface area contributed by atoms with E-state index in [0.717, 1.165) is 23.1 Å². The number of carbonyl (C=O) groups is 1. The number of aromatic nitrogens is 1. The molecule has 0 spiro atoms. The summed E-state index contributed by atoms with van der Waals surface area (Å²) in [6.45, 7) is 1.38. The van der Waals surface area contributed by atoms with E-state index < -0.39 is 0 Å². The van der Waals surface area contributed by atoms with E-state index >= 15 is 0 Å². The first-order chi connectivity index (χ1) is 10.2. The van der Waals surface area contributed by atoms with Crippen LogP contribution in [0.4, 0.5) is 4.79 Å². The van der Waals surface area contributed by atoms with Crippen LogP contribution in [-0.4, -0.2) is 22.5 Å². The molecule has 2 aromatic rings. The molecule has 108 valence electrons. The summed E-state index contributed by atoms with van der Waals surface area (Å²) in [5.74, 6) is 0. The molecule has 2 heterocycles. The molecule has 1 aliphatic rings. The molecule has 0 fully saturated rings. The maximum atomic E-state index is 12.1. The fraction of sp³-hybridized carbons (Fsp3) is 0.250. The Hall–Kier alpha value is -2.07. The highest BCUT2D eigenvalue weighted by molar-refractivity contribution is 6.30. The van der Waals surface area contributed by atoms with E-state index in [1.54, 1.807) is 11.1 Å². The zero-order valence-electron chi connectivity index (χ0n) is 11.5. The fourth-order valence-corrected chi connectivity index (χ4v) is 2.63. The number of nitrogens with zero attached hydrogens (tertiary/aromatic N) is 2. The minimum atomic E-state index is -0.315. The number of rotatable bonds is 2. The van der Waals surface area contributed by atoms with Crippen molar-refractivity contribution in [1.29, 1.82) is 0 Å². The van der Waals surface area contributed by atoms with Crippen LogP contribution in [0.1, 0.15) is 16.7 Å². The summed E-state index contributed by atoms with van der Waals surface area (Å²) in [5.41, 5.74) is 3.05. The van der Waals surface area contributed by atoms with Gasteiger partial charge in [0.25, 0.3) is 0 Å². The third-order valence-corrected chi connectivity index (χ3v) is 3.89. The molecule has 0 saturated heterocycles. The molecule has 0 unspecified atom stereocenters. The Labute approximate surface area is 128 Å². The normalized spacial score (nSPS) is 13.7. The highest BCUT2D eigenvalue weighted by atomic mass is 35.5. The molecule has 0 radical (unpaired) electrons. The van der Waals surface area contributed by atoms with Crippen molar-refractivity contribution in [2.24, 2.45) is 0 Å². The van der Waals surface area contributed by atoms with E-state index in [2.05, 4.69) is 4.98 Å². The number of amides is 1. The third-order valence-electron chi connectivity index (χ3n) is 3.56. The molecular weight excluding hydrogens is 288 g/mol. The summed E-state index contributed by atoms with van der Waals surface area (Å²) in [4.78, 5) is 17.9. The Morgan fingerprint density at radius 1 is 1.29 bits per heavy atom. The Bertz CT molecular complexity index is 646. The van der Waals surface area contributed by atoms with Gasteiger partial charge in [0, 0.05) is 18.3 Å². The Kier molecular flexibility index (Phi) is 4.06. The smallest absolute Gasteiger partial charge is 0.410 e. The number of ether oxygens (including phenoxy) is 1. The molecule has 1 aromatic carbocycles. The largest absolute Gasteiger partial charge is 0.445 e. The standard InChI is InChI=1S/C16H15ClN2O2/c17-15-14-10-19(9-7-13(14)6-8-18-15)16(20)21-11-12-4-2-1-3-5-12/h1-6,8H,7,9-11H2. The van der Waals surface area contributed by atoms with Crippen LogP contribution in [0.15, 0.2) is 42.6 Å². The van der Waals surface area contributed by atoms with Crippen molar-refractivity contribution in [1.82, 2.24) is 9.88 Å². The van der Waals surface area contributed by atoms with Gasteiger partial charge in [0.15, 0.2) is 0 Å². The van der Waals surface area contributed by atoms with Gasteiger partial charge in [-0.25, -0.2) is 9.78 Å². The van der Waals surface area contributed by atoms with Gasteiger partial charge in [0.05, 0.1) is 6.54 Å². The molecule has 0 bridgehead atoms. The predicted octanol–water partition coefficient (Wildman–Crippen LogP) is 3.43. The van der Waals surface area contributed by atoms with Gasteiger partial charge in [-0.3, -0.25) is 0 Å². The van der Waals surface area contributed by atoms with E-state index in [9.17, 15) is 4.79 Å². The van der Waals surface area contributed by atoms with Crippen molar-refractivity contribution in [3.05, 3.63) is 64.4 Å². The number of hydrogen-bond acceptors (Lipinski definition) is 3. The van der Waals surface area contributed by atoms with Crippen molar-refractivity contribution < 1.29 is 9.53 Å². The monoisotopic (exact) mass is 302 g/mol. The van der Waals surface area contributed by atoms with Crippen molar-refractivity contribution in [2.45, 2.75) is 19.6 Å². The molecule has 4 nitrogen and oxygen atoms in total. The Morgan fingerprint density at radius 2 is 2.10 bits per heavy atom. The van der Waals surface area contributed by atoms with Crippen molar-refractivity contribution >= 4 is 17.7 Å². The van der Waals surface area contributed by atoms with Crippen LogP contribution < -0.4 is 0 Å². The van der Waals surface area contributed by atoms with Gasteiger partial charge in [-0.2, -0.15) is 0 Å². The van der Waals surface area contributed by atoms with Gasteiger partial charge in [-0.1, -0.05) is 41.9 Å². The second-order valence-electron chi connectivity index (χ2n) is 4.95. The van der Waals surface area contributed by atoms with E-state index in [4.69, 9.17) is 16.3 Å². The lowest BCUT2D eigenvalue weighted by Gasteiger charge is -2.28. The highest BCUT2D eigenvalue weighted by Crippen LogP contribution is 2.24. The SMILES string of the molecule is O=C(OCc1ccccc1)N1CCc2ccnc(Cl)c2C1. The van der Waals surface area contributed by atoms with E-state index in [1.807, 2.05) is 36.4 Å². The average molecular weight is 303 g/mol. The van der Waals surface area contributed by atoms with Crippen molar-refractivity contribution in [2.75, 3.05) is 6.54 Å². The molecule has 1 aromatic heterocycles. The van der Waals surface area contributed by atoms with Crippen LogP contribution in [0.25, 0.3) is 0 Å². The zero-order chi connectivity index (χ0) is 14.7. The maximum Gasteiger partial charge on any atom is 0.410 e. The van der Waals surface area contributed by atoms with Gasteiger partial charge >= 0.3 is 6.09 Å². The Balaban J connectivity index is 1.63. The summed E-state index contributed by atoms with van der Waals surface area (Å²) in [7, 11) is 0. The van der Waals surface area contributed by atoms with Crippen LogP contribution in [-0.2, 0) is 24.3 Å². The fourth-order valence-electron chi connectivity index (χ4n) is 2.40. The van der Waals surface area contributed by atoms with Crippen LogP contribution in [0, 0.1) is 0 Å². The first-order valence-electron chi connectivity index (χ1n) is 6.82. The zero-order valence-corrected chi connectivity index (χ0v) is 12.2. The first-order valence-corrected chi connectivity index (χ1v) is 7.20. The number of hydrogen-bond donors (Lipinski definition) is 0. The van der Waals surface area contributed by atoms with Crippen molar-refractivity contribution in [3.8, 4) is 0 Å². The molecule has 1 amide bonds. The van der Waals surface area contributed by atoms with Gasteiger partial charge < -0.3 is 9.64 Å². The number of halogens is 1. The van der Waals surface area contributed by atoms with Gasteiger partial charge in [0.1, 0.15) is 11.8 Å². The van der Waals surface area contributed by atoms with Crippen LogP contribution in [0.2, 0.25) is 5.15 Å². The van der Waals surface area contributed by atoms with E-state index in [1.165, 1.54) is 0 Å². The van der Waals surface area contributed by atoms with Gasteiger partial charge in [-0.05, 0) is 23.6 Å². The molecule has 0 N–H and O–H groups in total. The molecular formula is C16H15ClN2O2. The molecule has 21 heavy (non-hydrogen) atoms. The minimum absolute atomic E-state index is 0.282. The molecule has 0 saturated carbocycles. The highest BCUT2D eigenvalue weighted by Gasteiger charge is 2.23. The Morgan fingerprint density at radius 3 is 2.90 bits per heavy atom. The third kappa shape index (κ3) is 3.16. The summed E-state index contributed by atoms with van der Waals surface area (Å²) < 4.78 is 5.35. The van der Waals surface area contributed by atoms with Gasteiger partial charge in [-0.15, -0.1) is 0 Å². The lowest BCUT2D eigenvalue weighted by Crippen LogP contribution is -2.36. The summed E-state index contributed by atoms with van der Waals surface area (Å²) in [6.07, 6.45) is 2.16.